The number of aliphatic hydroxyl groups excluding tert-OH is 1. The second kappa shape index (κ2) is 7.06. The molecule has 0 radical (unpaired) electrons. The summed E-state index contributed by atoms with van der Waals surface area (Å²) < 4.78 is 18.6. The number of aliphatic hydroxyl groups is 1. The van der Waals surface area contributed by atoms with Gasteiger partial charge in [-0.05, 0) is 41.8 Å². The first-order chi connectivity index (χ1) is 9.69. The molecule has 2 aromatic carbocycles. The highest BCUT2D eigenvalue weighted by Gasteiger charge is 2.06. The third-order valence-electron chi connectivity index (χ3n) is 3.12. The molecule has 20 heavy (non-hydrogen) atoms. The first-order valence-electron chi connectivity index (χ1n) is 6.84. The van der Waals surface area contributed by atoms with E-state index in [0.717, 1.165) is 24.0 Å². The van der Waals surface area contributed by atoms with Crippen LogP contribution in [-0.4, -0.2) is 5.11 Å². The van der Waals surface area contributed by atoms with E-state index < -0.39 is 6.10 Å². The quantitative estimate of drug-likeness (QED) is 0.853. The Balaban J connectivity index is 1.94. The first kappa shape index (κ1) is 14.5. The summed E-state index contributed by atoms with van der Waals surface area (Å²) in [5, 5.41) is 9.87. The van der Waals surface area contributed by atoms with E-state index in [9.17, 15) is 9.50 Å². The average Bonchev–Trinajstić information content (AvgIpc) is 2.46. The Morgan fingerprint density at radius 2 is 1.90 bits per heavy atom. The van der Waals surface area contributed by atoms with Crippen molar-refractivity contribution in [3.05, 3.63) is 65.5 Å². The molecule has 0 saturated carbocycles. The molecule has 0 aliphatic carbocycles. The van der Waals surface area contributed by atoms with Crippen molar-refractivity contribution in [1.29, 1.82) is 0 Å². The van der Waals surface area contributed by atoms with E-state index in [1.54, 1.807) is 6.07 Å². The molecule has 0 fully saturated rings. The van der Waals surface area contributed by atoms with Crippen molar-refractivity contribution in [3.63, 3.8) is 0 Å². The van der Waals surface area contributed by atoms with Crippen molar-refractivity contribution < 1.29 is 14.2 Å². The van der Waals surface area contributed by atoms with E-state index >= 15 is 0 Å². The van der Waals surface area contributed by atoms with Gasteiger partial charge in [-0.25, -0.2) is 4.39 Å². The van der Waals surface area contributed by atoms with Crippen LogP contribution < -0.4 is 4.74 Å². The van der Waals surface area contributed by atoms with Gasteiger partial charge in [0.05, 0.1) is 6.10 Å². The van der Waals surface area contributed by atoms with Crippen molar-refractivity contribution >= 4 is 0 Å². The molecule has 0 aliphatic rings. The Labute approximate surface area is 118 Å². The molecular formula is C17H19FO2. The molecule has 106 valence electrons. The smallest absolute Gasteiger partial charge is 0.123 e. The summed E-state index contributed by atoms with van der Waals surface area (Å²) in [4.78, 5) is 0. The molecule has 0 amide bonds. The Hall–Kier alpha value is -1.87. The van der Waals surface area contributed by atoms with Crippen LogP contribution in [-0.2, 0) is 6.61 Å². The lowest BCUT2D eigenvalue weighted by Gasteiger charge is -2.11. The van der Waals surface area contributed by atoms with Crippen LogP contribution >= 0.6 is 0 Å². The van der Waals surface area contributed by atoms with Gasteiger partial charge in [0.25, 0.3) is 0 Å². The summed E-state index contributed by atoms with van der Waals surface area (Å²) in [6.45, 7) is 2.37. The largest absolute Gasteiger partial charge is 0.489 e. The molecule has 0 aromatic heterocycles. The first-order valence-corrected chi connectivity index (χ1v) is 6.84. The van der Waals surface area contributed by atoms with Crippen molar-refractivity contribution in [3.8, 4) is 5.75 Å². The monoisotopic (exact) mass is 274 g/mol. The van der Waals surface area contributed by atoms with Crippen LogP contribution in [0.3, 0.4) is 0 Å². The van der Waals surface area contributed by atoms with E-state index in [1.165, 1.54) is 12.1 Å². The number of halogens is 1. The summed E-state index contributed by atoms with van der Waals surface area (Å²) in [5.74, 6) is 0.450. The summed E-state index contributed by atoms with van der Waals surface area (Å²) in [7, 11) is 0. The molecule has 2 aromatic rings. The highest BCUT2D eigenvalue weighted by molar-refractivity contribution is 5.29. The maximum absolute atomic E-state index is 13.0. The maximum atomic E-state index is 13.0. The minimum Gasteiger partial charge on any atom is -0.489 e. The number of benzene rings is 2. The standard InChI is InChI=1S/C17H19FO2/c1-2-4-17(19)14-7-9-16(10-8-14)20-12-13-5-3-6-15(18)11-13/h3,5-11,17,19H,2,4,12H2,1H3. The zero-order chi connectivity index (χ0) is 14.4. The molecule has 3 heteroatoms. The Morgan fingerprint density at radius 1 is 1.15 bits per heavy atom. The van der Waals surface area contributed by atoms with E-state index in [4.69, 9.17) is 4.74 Å². The number of hydrogen-bond donors (Lipinski definition) is 1. The minimum absolute atomic E-state index is 0.260. The molecule has 0 spiro atoms. The molecule has 2 rings (SSSR count). The predicted octanol–water partition coefficient (Wildman–Crippen LogP) is 4.24. The maximum Gasteiger partial charge on any atom is 0.123 e. The zero-order valence-corrected chi connectivity index (χ0v) is 11.6. The number of hydrogen-bond acceptors (Lipinski definition) is 2. The Morgan fingerprint density at radius 3 is 2.55 bits per heavy atom. The van der Waals surface area contributed by atoms with Crippen molar-refractivity contribution in [2.75, 3.05) is 0 Å². The second-order valence-electron chi connectivity index (χ2n) is 4.79. The molecule has 0 bridgehead atoms. The van der Waals surface area contributed by atoms with Gasteiger partial charge in [-0.3, -0.25) is 0 Å². The molecule has 1 atom stereocenters. The van der Waals surface area contributed by atoms with Crippen LogP contribution in [0.4, 0.5) is 4.39 Å². The minimum atomic E-state index is -0.419. The molecule has 1 unspecified atom stereocenters. The molecular weight excluding hydrogens is 255 g/mol. The van der Waals surface area contributed by atoms with Crippen LogP contribution in [0.15, 0.2) is 48.5 Å². The summed E-state index contributed by atoms with van der Waals surface area (Å²) in [6, 6.07) is 13.7. The topological polar surface area (TPSA) is 29.5 Å². The molecule has 2 nitrogen and oxygen atoms in total. The summed E-state index contributed by atoms with van der Waals surface area (Å²) >= 11 is 0. The van der Waals surface area contributed by atoms with E-state index in [1.807, 2.05) is 37.3 Å². The molecule has 1 N–H and O–H groups in total. The van der Waals surface area contributed by atoms with Gasteiger partial charge in [0, 0.05) is 0 Å². The lowest BCUT2D eigenvalue weighted by atomic mass is 10.1. The van der Waals surface area contributed by atoms with E-state index in [-0.39, 0.29) is 5.82 Å². The fraction of sp³-hybridized carbons (Fsp3) is 0.294. The van der Waals surface area contributed by atoms with Crippen LogP contribution in [0.1, 0.15) is 37.0 Å². The van der Waals surface area contributed by atoms with Gasteiger partial charge in [0.2, 0.25) is 0 Å². The number of rotatable bonds is 6. The normalized spacial score (nSPS) is 12.2. The van der Waals surface area contributed by atoms with Gasteiger partial charge in [-0.15, -0.1) is 0 Å². The Bertz CT molecular complexity index is 537. The SMILES string of the molecule is CCCC(O)c1ccc(OCc2cccc(F)c2)cc1. The van der Waals surface area contributed by atoms with Gasteiger partial charge < -0.3 is 9.84 Å². The zero-order valence-electron chi connectivity index (χ0n) is 11.6. The fourth-order valence-corrected chi connectivity index (χ4v) is 2.02. The second-order valence-corrected chi connectivity index (χ2v) is 4.79. The van der Waals surface area contributed by atoms with Crippen LogP contribution in [0.5, 0.6) is 5.75 Å². The summed E-state index contributed by atoms with van der Waals surface area (Å²) in [5.41, 5.74) is 1.69. The van der Waals surface area contributed by atoms with E-state index in [0.29, 0.717) is 12.4 Å². The molecule has 0 aliphatic heterocycles. The van der Waals surface area contributed by atoms with Gasteiger partial charge >= 0.3 is 0 Å². The lowest BCUT2D eigenvalue weighted by molar-refractivity contribution is 0.166. The molecule has 0 saturated heterocycles. The van der Waals surface area contributed by atoms with Crippen LogP contribution in [0.25, 0.3) is 0 Å². The van der Waals surface area contributed by atoms with Gasteiger partial charge in [-0.1, -0.05) is 37.6 Å². The van der Waals surface area contributed by atoms with Gasteiger partial charge in [0.1, 0.15) is 18.2 Å². The predicted molar refractivity (Wildman–Crippen MR) is 77.0 cm³/mol. The lowest BCUT2D eigenvalue weighted by Crippen LogP contribution is -1.98. The van der Waals surface area contributed by atoms with Gasteiger partial charge in [-0.2, -0.15) is 0 Å². The highest BCUT2D eigenvalue weighted by Crippen LogP contribution is 2.21. The fourth-order valence-electron chi connectivity index (χ4n) is 2.02. The third kappa shape index (κ3) is 4.07. The number of ether oxygens (including phenoxy) is 1. The van der Waals surface area contributed by atoms with Crippen molar-refractivity contribution in [2.24, 2.45) is 0 Å². The van der Waals surface area contributed by atoms with E-state index in [2.05, 4.69) is 0 Å². The average molecular weight is 274 g/mol. The summed E-state index contributed by atoms with van der Waals surface area (Å²) in [6.07, 6.45) is 1.28. The third-order valence-corrected chi connectivity index (χ3v) is 3.12. The highest BCUT2D eigenvalue weighted by atomic mass is 19.1. The van der Waals surface area contributed by atoms with Crippen LogP contribution in [0.2, 0.25) is 0 Å². The van der Waals surface area contributed by atoms with Crippen LogP contribution in [0, 0.1) is 5.82 Å². The van der Waals surface area contributed by atoms with Gasteiger partial charge in [0.15, 0.2) is 0 Å². The van der Waals surface area contributed by atoms with Crippen molar-refractivity contribution in [2.45, 2.75) is 32.5 Å². The molecule has 0 heterocycles. The Kier molecular flexibility index (Phi) is 5.13. The van der Waals surface area contributed by atoms with Crippen molar-refractivity contribution in [1.82, 2.24) is 0 Å².